The maximum atomic E-state index is 12.8. The topological polar surface area (TPSA) is 68.3 Å². The van der Waals surface area contributed by atoms with E-state index in [1.807, 2.05) is 39.0 Å². The van der Waals surface area contributed by atoms with Crippen LogP contribution in [-0.4, -0.2) is 61.8 Å². The first-order chi connectivity index (χ1) is 13.1. The molecule has 1 aliphatic rings. The van der Waals surface area contributed by atoms with E-state index in [9.17, 15) is 9.59 Å². The van der Waals surface area contributed by atoms with Crippen molar-refractivity contribution in [2.24, 2.45) is 5.92 Å². The Bertz CT molecular complexity index is 691. The summed E-state index contributed by atoms with van der Waals surface area (Å²) in [4.78, 5) is 28.4. The van der Waals surface area contributed by atoms with Crippen molar-refractivity contribution in [2.45, 2.75) is 45.8 Å². The van der Waals surface area contributed by atoms with Crippen LogP contribution in [0.5, 0.6) is 11.5 Å². The monoisotopic (exact) mass is 392 g/mol. The Hall–Kier alpha value is -2.44. The maximum absolute atomic E-state index is 12.8. The SMILES string of the molecule is COc1ccc(CN(C)C(=O)C2CCN(C(=O)OC(C)(C)C)CC2)cc1OC. The molecule has 0 bridgehead atoms. The quantitative estimate of drug-likeness (QED) is 0.769. The highest BCUT2D eigenvalue weighted by Gasteiger charge is 2.31. The predicted molar refractivity (Wildman–Crippen MR) is 107 cm³/mol. The Balaban J connectivity index is 1.90. The smallest absolute Gasteiger partial charge is 0.410 e. The lowest BCUT2D eigenvalue weighted by atomic mass is 9.95. The van der Waals surface area contributed by atoms with Crippen LogP contribution >= 0.6 is 0 Å². The number of hydrogen-bond acceptors (Lipinski definition) is 5. The largest absolute Gasteiger partial charge is 0.493 e. The molecule has 0 spiro atoms. The Morgan fingerprint density at radius 3 is 2.25 bits per heavy atom. The Kier molecular flexibility index (Phi) is 7.16. The molecule has 1 aromatic carbocycles. The van der Waals surface area contributed by atoms with E-state index in [-0.39, 0.29) is 17.9 Å². The van der Waals surface area contributed by atoms with Crippen molar-refractivity contribution in [3.8, 4) is 11.5 Å². The van der Waals surface area contributed by atoms with Crippen LogP contribution in [0.15, 0.2) is 18.2 Å². The normalized spacial score (nSPS) is 15.1. The first kappa shape index (κ1) is 21.9. The van der Waals surface area contributed by atoms with E-state index in [4.69, 9.17) is 14.2 Å². The molecule has 1 aromatic rings. The summed E-state index contributed by atoms with van der Waals surface area (Å²) < 4.78 is 16.0. The molecule has 1 heterocycles. The summed E-state index contributed by atoms with van der Waals surface area (Å²) in [6.07, 6.45) is 0.986. The number of methoxy groups -OCH3 is 2. The number of piperidine rings is 1. The zero-order chi connectivity index (χ0) is 20.9. The first-order valence-corrected chi connectivity index (χ1v) is 9.58. The molecule has 0 saturated carbocycles. The second-order valence-corrected chi connectivity index (χ2v) is 8.13. The van der Waals surface area contributed by atoms with Crippen LogP contribution in [0.4, 0.5) is 4.79 Å². The van der Waals surface area contributed by atoms with E-state index in [0.717, 1.165) is 5.56 Å². The molecule has 7 heteroatoms. The second-order valence-electron chi connectivity index (χ2n) is 8.13. The van der Waals surface area contributed by atoms with Crippen LogP contribution < -0.4 is 9.47 Å². The second kappa shape index (κ2) is 9.17. The van der Waals surface area contributed by atoms with Crippen molar-refractivity contribution in [3.63, 3.8) is 0 Å². The summed E-state index contributed by atoms with van der Waals surface area (Å²) in [6, 6.07) is 5.65. The van der Waals surface area contributed by atoms with Crippen LogP contribution in [0.1, 0.15) is 39.2 Å². The number of benzene rings is 1. The van der Waals surface area contributed by atoms with E-state index in [0.29, 0.717) is 44.0 Å². The minimum absolute atomic E-state index is 0.0798. The number of rotatable bonds is 5. The average Bonchev–Trinajstić information content (AvgIpc) is 2.66. The van der Waals surface area contributed by atoms with Gasteiger partial charge in [-0.25, -0.2) is 4.79 Å². The number of nitrogens with zero attached hydrogens (tertiary/aromatic N) is 2. The molecule has 0 radical (unpaired) electrons. The molecular weight excluding hydrogens is 360 g/mol. The van der Waals surface area contributed by atoms with Crippen LogP contribution in [0.3, 0.4) is 0 Å². The maximum Gasteiger partial charge on any atom is 0.410 e. The minimum atomic E-state index is -0.511. The van der Waals surface area contributed by atoms with Crippen molar-refractivity contribution in [2.75, 3.05) is 34.4 Å². The minimum Gasteiger partial charge on any atom is -0.493 e. The fraction of sp³-hybridized carbons (Fsp3) is 0.619. The molecule has 2 rings (SSSR count). The Labute approximate surface area is 167 Å². The predicted octanol–water partition coefficient (Wildman–Crippen LogP) is 3.31. The number of amides is 2. The van der Waals surface area contributed by atoms with Crippen LogP contribution in [0, 0.1) is 5.92 Å². The summed E-state index contributed by atoms with van der Waals surface area (Å²) >= 11 is 0. The fourth-order valence-corrected chi connectivity index (χ4v) is 3.28. The Morgan fingerprint density at radius 2 is 1.71 bits per heavy atom. The van der Waals surface area contributed by atoms with Crippen molar-refractivity contribution >= 4 is 12.0 Å². The van der Waals surface area contributed by atoms with Crippen LogP contribution in [-0.2, 0) is 16.1 Å². The molecule has 0 aromatic heterocycles. The summed E-state index contributed by atoms with van der Waals surface area (Å²) in [5.41, 5.74) is 0.461. The molecule has 1 fully saturated rings. The van der Waals surface area contributed by atoms with Gasteiger partial charge in [-0.15, -0.1) is 0 Å². The molecule has 0 N–H and O–H groups in total. The van der Waals surface area contributed by atoms with Gasteiger partial charge in [0.1, 0.15) is 5.60 Å². The van der Waals surface area contributed by atoms with Gasteiger partial charge in [0.15, 0.2) is 11.5 Å². The zero-order valence-electron chi connectivity index (χ0n) is 17.8. The lowest BCUT2D eigenvalue weighted by Gasteiger charge is -2.34. The van der Waals surface area contributed by atoms with Gasteiger partial charge in [-0.2, -0.15) is 0 Å². The van der Waals surface area contributed by atoms with E-state index in [2.05, 4.69) is 0 Å². The van der Waals surface area contributed by atoms with Crippen molar-refractivity contribution in [1.29, 1.82) is 0 Å². The van der Waals surface area contributed by atoms with Crippen molar-refractivity contribution in [3.05, 3.63) is 23.8 Å². The van der Waals surface area contributed by atoms with Crippen LogP contribution in [0.2, 0.25) is 0 Å². The van der Waals surface area contributed by atoms with Gasteiger partial charge in [0.25, 0.3) is 0 Å². The summed E-state index contributed by atoms with van der Waals surface area (Å²) in [5, 5.41) is 0. The van der Waals surface area contributed by atoms with Gasteiger partial charge < -0.3 is 24.0 Å². The average molecular weight is 392 g/mol. The summed E-state index contributed by atoms with van der Waals surface area (Å²) in [6.45, 7) is 7.12. The van der Waals surface area contributed by atoms with Crippen molar-refractivity contribution in [1.82, 2.24) is 9.80 Å². The molecule has 1 aliphatic heterocycles. The van der Waals surface area contributed by atoms with Gasteiger partial charge in [0.2, 0.25) is 5.91 Å². The van der Waals surface area contributed by atoms with Crippen LogP contribution in [0.25, 0.3) is 0 Å². The Morgan fingerprint density at radius 1 is 1.11 bits per heavy atom. The van der Waals surface area contributed by atoms with Crippen molar-refractivity contribution < 1.29 is 23.8 Å². The van der Waals surface area contributed by atoms with Gasteiger partial charge in [-0.05, 0) is 51.3 Å². The third-order valence-electron chi connectivity index (χ3n) is 4.74. The van der Waals surface area contributed by atoms with Gasteiger partial charge in [0.05, 0.1) is 14.2 Å². The molecule has 0 aliphatic carbocycles. The molecule has 1 saturated heterocycles. The number of hydrogen-bond donors (Lipinski definition) is 0. The highest BCUT2D eigenvalue weighted by atomic mass is 16.6. The molecule has 156 valence electrons. The van der Waals surface area contributed by atoms with Gasteiger partial charge in [-0.1, -0.05) is 6.07 Å². The lowest BCUT2D eigenvalue weighted by molar-refractivity contribution is -0.136. The summed E-state index contributed by atoms with van der Waals surface area (Å²) in [7, 11) is 4.99. The third kappa shape index (κ3) is 5.78. The zero-order valence-corrected chi connectivity index (χ0v) is 17.8. The van der Waals surface area contributed by atoms with Gasteiger partial charge in [0, 0.05) is 32.6 Å². The highest BCUT2D eigenvalue weighted by molar-refractivity contribution is 5.79. The van der Waals surface area contributed by atoms with E-state index in [1.165, 1.54) is 0 Å². The number of carbonyl (C=O) groups is 2. The summed E-state index contributed by atoms with van der Waals surface area (Å²) in [5.74, 6) is 1.32. The van der Waals surface area contributed by atoms with Gasteiger partial charge in [-0.3, -0.25) is 4.79 Å². The number of likely N-dealkylation sites (tertiary alicyclic amines) is 1. The first-order valence-electron chi connectivity index (χ1n) is 9.58. The van der Waals surface area contributed by atoms with Gasteiger partial charge >= 0.3 is 6.09 Å². The van der Waals surface area contributed by atoms with E-state index in [1.54, 1.807) is 31.1 Å². The molecule has 0 unspecified atom stereocenters. The molecular formula is C21H32N2O5. The molecule has 2 amide bonds. The molecule has 0 atom stereocenters. The fourth-order valence-electron chi connectivity index (χ4n) is 3.28. The third-order valence-corrected chi connectivity index (χ3v) is 4.74. The molecule has 7 nitrogen and oxygen atoms in total. The molecule has 28 heavy (non-hydrogen) atoms. The standard InChI is InChI=1S/C21H32N2O5/c1-21(2,3)28-20(25)23-11-9-16(10-12-23)19(24)22(4)14-15-7-8-17(26-5)18(13-15)27-6/h7-8,13,16H,9-12,14H2,1-6H3. The van der Waals surface area contributed by atoms with E-state index >= 15 is 0 Å². The number of ether oxygens (including phenoxy) is 3. The highest BCUT2D eigenvalue weighted by Crippen LogP contribution is 2.28. The van der Waals surface area contributed by atoms with E-state index < -0.39 is 5.60 Å². The lowest BCUT2D eigenvalue weighted by Crippen LogP contribution is -2.45. The number of carbonyl (C=O) groups excluding carboxylic acids is 2.